The van der Waals surface area contributed by atoms with Crippen molar-refractivity contribution in [3.05, 3.63) is 51.9 Å². The van der Waals surface area contributed by atoms with E-state index in [1.807, 2.05) is 0 Å². The van der Waals surface area contributed by atoms with Crippen molar-refractivity contribution in [2.24, 2.45) is 0 Å². The lowest BCUT2D eigenvalue weighted by Crippen LogP contribution is -2.35. The van der Waals surface area contributed by atoms with Gasteiger partial charge in [-0.05, 0) is 25.0 Å². The van der Waals surface area contributed by atoms with E-state index >= 15 is 0 Å². The van der Waals surface area contributed by atoms with Crippen molar-refractivity contribution in [1.29, 1.82) is 0 Å². The van der Waals surface area contributed by atoms with Gasteiger partial charge >= 0.3 is 6.18 Å². The van der Waals surface area contributed by atoms with E-state index in [1.165, 1.54) is 35.0 Å². The van der Waals surface area contributed by atoms with Gasteiger partial charge in [0, 0.05) is 31.4 Å². The van der Waals surface area contributed by atoms with Gasteiger partial charge in [-0.1, -0.05) is 0 Å². The maximum atomic E-state index is 13.1. The fourth-order valence-corrected chi connectivity index (χ4v) is 4.51. The Morgan fingerprint density at radius 2 is 1.97 bits per heavy atom. The maximum absolute atomic E-state index is 13.1. The fraction of sp³-hybridized carbons (Fsp3) is 0.350. The van der Waals surface area contributed by atoms with Crippen molar-refractivity contribution < 1.29 is 27.6 Å². The molecule has 1 aliphatic heterocycles. The summed E-state index contributed by atoms with van der Waals surface area (Å²) in [5, 5.41) is 6.98. The van der Waals surface area contributed by atoms with E-state index in [2.05, 4.69) is 20.6 Å². The van der Waals surface area contributed by atoms with Crippen LogP contribution in [-0.4, -0.2) is 57.1 Å². The summed E-state index contributed by atoms with van der Waals surface area (Å²) in [5.41, 5.74) is -0.436. The third-order valence-electron chi connectivity index (χ3n) is 5.24. The van der Waals surface area contributed by atoms with Crippen LogP contribution in [0.3, 0.4) is 0 Å². The SMILES string of the molecule is CNC(=O)CNC(=O)c1csc(C2CCCN2C(=O)c2cn3cc(C(F)(F)F)ccc3n2)n1. The van der Waals surface area contributed by atoms with Crippen molar-refractivity contribution in [3.8, 4) is 0 Å². The van der Waals surface area contributed by atoms with Crippen molar-refractivity contribution in [1.82, 2.24) is 29.9 Å². The molecule has 4 rings (SSSR count). The second-order valence-electron chi connectivity index (χ2n) is 7.39. The molecule has 9 nitrogen and oxygen atoms in total. The number of imidazole rings is 1. The molecule has 4 heterocycles. The number of nitrogens with zero attached hydrogens (tertiary/aromatic N) is 4. The summed E-state index contributed by atoms with van der Waals surface area (Å²) in [7, 11) is 1.46. The standard InChI is InChI=1S/C20H19F3N6O3S/c1-24-16(30)7-25-17(31)13-10-33-18(27-13)14-3-2-6-29(14)19(32)12-9-28-8-11(20(21,22)23)4-5-15(28)26-12/h4-5,8-10,14H,2-3,6-7H2,1H3,(H,24,30)(H,25,31). The Labute approximate surface area is 189 Å². The highest BCUT2D eigenvalue weighted by Gasteiger charge is 2.35. The van der Waals surface area contributed by atoms with Crippen molar-refractivity contribution >= 4 is 34.7 Å². The highest BCUT2D eigenvalue weighted by atomic mass is 32.1. The van der Waals surface area contributed by atoms with Gasteiger partial charge in [-0.3, -0.25) is 14.4 Å². The molecule has 0 bridgehead atoms. The Hall–Kier alpha value is -3.48. The Morgan fingerprint density at radius 1 is 1.18 bits per heavy atom. The van der Waals surface area contributed by atoms with Gasteiger partial charge in [-0.25, -0.2) is 9.97 Å². The number of pyridine rings is 1. The lowest BCUT2D eigenvalue weighted by atomic mass is 10.2. The van der Waals surface area contributed by atoms with Crippen LogP contribution in [0.1, 0.15) is 50.4 Å². The first-order valence-electron chi connectivity index (χ1n) is 9.98. The molecule has 2 N–H and O–H groups in total. The highest BCUT2D eigenvalue weighted by Crippen LogP contribution is 2.35. The Balaban J connectivity index is 1.52. The first-order valence-corrected chi connectivity index (χ1v) is 10.9. The van der Waals surface area contributed by atoms with Crippen LogP contribution >= 0.6 is 11.3 Å². The molecule has 1 unspecified atom stereocenters. The zero-order valence-corrected chi connectivity index (χ0v) is 18.2. The van der Waals surface area contributed by atoms with Gasteiger partial charge in [0.2, 0.25) is 5.91 Å². The van der Waals surface area contributed by atoms with E-state index in [9.17, 15) is 27.6 Å². The van der Waals surface area contributed by atoms with E-state index in [-0.39, 0.29) is 35.5 Å². The number of likely N-dealkylation sites (tertiary alicyclic amines) is 1. The molecular weight excluding hydrogens is 461 g/mol. The van der Waals surface area contributed by atoms with E-state index in [1.54, 1.807) is 10.3 Å². The van der Waals surface area contributed by atoms with Crippen LogP contribution in [0.2, 0.25) is 0 Å². The summed E-state index contributed by atoms with van der Waals surface area (Å²) in [4.78, 5) is 46.7. The summed E-state index contributed by atoms with van der Waals surface area (Å²) in [6.45, 7) is 0.253. The van der Waals surface area contributed by atoms with Crippen LogP contribution in [0.25, 0.3) is 5.65 Å². The van der Waals surface area contributed by atoms with Gasteiger partial charge < -0.3 is 19.9 Å². The number of alkyl halides is 3. The lowest BCUT2D eigenvalue weighted by Gasteiger charge is -2.22. The smallest absolute Gasteiger partial charge is 0.358 e. The van der Waals surface area contributed by atoms with Gasteiger partial charge in [0.05, 0.1) is 18.2 Å². The Bertz CT molecular complexity index is 1220. The number of hydrogen-bond acceptors (Lipinski definition) is 6. The molecule has 1 atom stereocenters. The second-order valence-corrected chi connectivity index (χ2v) is 8.28. The van der Waals surface area contributed by atoms with Crippen molar-refractivity contribution in [2.45, 2.75) is 25.1 Å². The van der Waals surface area contributed by atoms with Gasteiger partial charge in [-0.2, -0.15) is 13.2 Å². The average molecular weight is 480 g/mol. The molecule has 3 aromatic heterocycles. The fourth-order valence-electron chi connectivity index (χ4n) is 3.56. The van der Waals surface area contributed by atoms with E-state index < -0.39 is 23.6 Å². The molecule has 0 aromatic carbocycles. The Morgan fingerprint density at radius 3 is 2.70 bits per heavy atom. The molecule has 3 aromatic rings. The number of hydrogen-bond donors (Lipinski definition) is 2. The first kappa shape index (κ1) is 22.7. The molecule has 174 valence electrons. The van der Waals surface area contributed by atoms with Crippen LogP contribution in [0, 0.1) is 0 Å². The highest BCUT2D eigenvalue weighted by molar-refractivity contribution is 7.09. The van der Waals surface area contributed by atoms with Crippen LogP contribution in [-0.2, 0) is 11.0 Å². The minimum absolute atomic E-state index is 0.0290. The van der Waals surface area contributed by atoms with Crippen LogP contribution in [0.5, 0.6) is 0 Å². The van der Waals surface area contributed by atoms with Crippen LogP contribution in [0.15, 0.2) is 29.9 Å². The number of aromatic nitrogens is 3. The molecule has 1 saturated heterocycles. The molecule has 0 saturated carbocycles. The molecule has 0 aliphatic carbocycles. The molecular formula is C20H19F3N6O3S. The second kappa shape index (κ2) is 8.81. The summed E-state index contributed by atoms with van der Waals surface area (Å²) in [5.74, 6) is -1.27. The summed E-state index contributed by atoms with van der Waals surface area (Å²) >= 11 is 1.22. The summed E-state index contributed by atoms with van der Waals surface area (Å²) in [6, 6.07) is 1.76. The van der Waals surface area contributed by atoms with Gasteiger partial charge in [0.1, 0.15) is 22.0 Å². The molecule has 3 amide bonds. The molecule has 0 spiro atoms. The number of thiazole rings is 1. The summed E-state index contributed by atoms with van der Waals surface area (Å²) in [6.07, 6.45) is -0.991. The monoisotopic (exact) mass is 480 g/mol. The average Bonchev–Trinajstić information content (AvgIpc) is 3.53. The van der Waals surface area contributed by atoms with Gasteiger partial charge in [-0.15, -0.1) is 11.3 Å². The van der Waals surface area contributed by atoms with E-state index in [0.29, 0.717) is 24.4 Å². The van der Waals surface area contributed by atoms with Crippen molar-refractivity contribution in [3.63, 3.8) is 0 Å². The number of carbonyl (C=O) groups excluding carboxylic acids is 3. The largest absolute Gasteiger partial charge is 0.417 e. The van der Waals surface area contributed by atoms with Gasteiger partial charge in [0.25, 0.3) is 11.8 Å². The van der Waals surface area contributed by atoms with E-state index in [0.717, 1.165) is 12.3 Å². The topological polar surface area (TPSA) is 109 Å². The molecule has 13 heteroatoms. The van der Waals surface area contributed by atoms with Crippen LogP contribution in [0.4, 0.5) is 13.2 Å². The predicted octanol–water partition coefficient (Wildman–Crippen LogP) is 2.26. The summed E-state index contributed by atoms with van der Waals surface area (Å²) < 4.78 is 40.1. The number of likely N-dealkylation sites (N-methyl/N-ethyl adjacent to an activating group) is 1. The number of amides is 3. The minimum atomic E-state index is -4.50. The number of rotatable bonds is 5. The zero-order valence-electron chi connectivity index (χ0n) is 17.3. The Kier molecular flexibility index (Phi) is 6.06. The van der Waals surface area contributed by atoms with Crippen LogP contribution < -0.4 is 10.6 Å². The number of halogens is 3. The predicted molar refractivity (Wildman–Crippen MR) is 112 cm³/mol. The normalized spacial score (nSPS) is 16.2. The molecule has 0 radical (unpaired) electrons. The van der Waals surface area contributed by atoms with Gasteiger partial charge in [0.15, 0.2) is 0 Å². The first-order chi connectivity index (χ1) is 15.7. The third kappa shape index (κ3) is 4.67. The molecule has 1 aliphatic rings. The molecule has 1 fully saturated rings. The number of carbonyl (C=O) groups is 3. The zero-order chi connectivity index (χ0) is 23.8. The van der Waals surface area contributed by atoms with E-state index in [4.69, 9.17) is 0 Å². The third-order valence-corrected chi connectivity index (χ3v) is 6.19. The lowest BCUT2D eigenvalue weighted by molar-refractivity contribution is -0.137. The van der Waals surface area contributed by atoms with Crippen molar-refractivity contribution in [2.75, 3.05) is 20.1 Å². The maximum Gasteiger partial charge on any atom is 0.417 e. The number of fused-ring (bicyclic) bond motifs is 1. The molecule has 33 heavy (non-hydrogen) atoms. The number of nitrogens with one attached hydrogen (secondary N) is 2. The quantitative estimate of drug-likeness (QED) is 0.583. The minimum Gasteiger partial charge on any atom is -0.358 e.